The van der Waals surface area contributed by atoms with E-state index in [1.54, 1.807) is 4.90 Å². The van der Waals surface area contributed by atoms with E-state index < -0.39 is 0 Å². The number of rotatable bonds is 8. The lowest BCUT2D eigenvalue weighted by molar-refractivity contribution is 0.0376. The summed E-state index contributed by atoms with van der Waals surface area (Å²) in [4.78, 5) is 22.4. The van der Waals surface area contributed by atoms with Crippen LogP contribution in [0.1, 0.15) is 30.6 Å². The highest BCUT2D eigenvalue weighted by Crippen LogP contribution is 2.33. The second-order valence-electron chi connectivity index (χ2n) is 8.04. The Hall–Kier alpha value is -2.19. The van der Waals surface area contributed by atoms with Crippen molar-refractivity contribution in [3.63, 3.8) is 0 Å². The lowest BCUT2D eigenvalue weighted by Crippen LogP contribution is -2.39. The zero-order valence-electron chi connectivity index (χ0n) is 18.4. The van der Waals surface area contributed by atoms with Gasteiger partial charge < -0.3 is 9.47 Å². The Bertz CT molecular complexity index is 1050. The van der Waals surface area contributed by atoms with E-state index in [4.69, 9.17) is 26.1 Å². The van der Waals surface area contributed by atoms with Crippen molar-refractivity contribution in [1.29, 1.82) is 0 Å². The van der Waals surface area contributed by atoms with Crippen LogP contribution >= 0.6 is 22.9 Å². The van der Waals surface area contributed by atoms with Crippen molar-refractivity contribution < 1.29 is 14.3 Å². The van der Waals surface area contributed by atoms with Crippen molar-refractivity contribution in [3.8, 4) is 5.75 Å². The third-order valence-corrected chi connectivity index (χ3v) is 6.62. The Morgan fingerprint density at radius 1 is 1.22 bits per heavy atom. The molecule has 3 aromatic rings. The highest BCUT2D eigenvalue weighted by molar-refractivity contribution is 7.22. The molecule has 0 spiro atoms. The minimum atomic E-state index is -0.0711. The molecule has 0 bridgehead atoms. The number of morpholine rings is 1. The summed E-state index contributed by atoms with van der Waals surface area (Å²) in [6, 6.07) is 13.0. The van der Waals surface area contributed by atoms with Gasteiger partial charge in [0.25, 0.3) is 5.91 Å². The molecule has 1 fully saturated rings. The number of thiazole rings is 1. The zero-order chi connectivity index (χ0) is 22.5. The standard InChI is InChI=1S/C24H28ClN3O3S/c1-17(2)31-19-9-7-18(8-10-19)23(29)28(12-4-11-27-13-15-30-16-14-27)24-26-22-20(25)5-3-6-21(22)32-24/h3,5-10,17H,4,11-16H2,1-2H3. The summed E-state index contributed by atoms with van der Waals surface area (Å²) in [6.45, 7) is 8.86. The van der Waals surface area contributed by atoms with E-state index in [1.165, 1.54) is 11.3 Å². The first-order chi connectivity index (χ1) is 15.5. The molecule has 1 saturated heterocycles. The van der Waals surface area contributed by atoms with E-state index in [0.29, 0.717) is 22.3 Å². The van der Waals surface area contributed by atoms with Gasteiger partial charge in [-0.3, -0.25) is 14.6 Å². The molecule has 0 radical (unpaired) electrons. The van der Waals surface area contributed by atoms with Crippen molar-refractivity contribution in [2.75, 3.05) is 44.3 Å². The molecule has 4 rings (SSSR count). The van der Waals surface area contributed by atoms with E-state index in [2.05, 4.69) is 4.90 Å². The lowest BCUT2D eigenvalue weighted by atomic mass is 10.2. The molecule has 1 aromatic heterocycles. The number of hydrogen-bond acceptors (Lipinski definition) is 6. The van der Waals surface area contributed by atoms with Gasteiger partial charge in [-0.05, 0) is 56.7 Å². The third-order valence-electron chi connectivity index (χ3n) is 5.27. The second-order valence-corrected chi connectivity index (χ2v) is 9.45. The number of aromatic nitrogens is 1. The third kappa shape index (κ3) is 5.59. The van der Waals surface area contributed by atoms with Gasteiger partial charge in [0, 0.05) is 31.7 Å². The maximum atomic E-state index is 13.5. The number of amides is 1. The Labute approximate surface area is 197 Å². The largest absolute Gasteiger partial charge is 0.491 e. The molecular formula is C24H28ClN3O3S. The van der Waals surface area contributed by atoms with Gasteiger partial charge in [-0.25, -0.2) is 4.98 Å². The van der Waals surface area contributed by atoms with E-state index in [9.17, 15) is 4.79 Å². The highest BCUT2D eigenvalue weighted by atomic mass is 35.5. The summed E-state index contributed by atoms with van der Waals surface area (Å²) in [5.74, 6) is 0.681. The molecule has 1 aliphatic rings. The van der Waals surface area contributed by atoms with Crippen molar-refractivity contribution in [3.05, 3.63) is 53.1 Å². The summed E-state index contributed by atoms with van der Waals surface area (Å²) in [7, 11) is 0. The topological polar surface area (TPSA) is 54.9 Å². The van der Waals surface area contributed by atoms with Crippen LogP contribution in [0.15, 0.2) is 42.5 Å². The molecule has 170 valence electrons. The molecule has 8 heteroatoms. The summed E-state index contributed by atoms with van der Waals surface area (Å²) in [5.41, 5.74) is 1.35. The van der Waals surface area contributed by atoms with Gasteiger partial charge in [-0.2, -0.15) is 0 Å². The summed E-state index contributed by atoms with van der Waals surface area (Å²) >= 11 is 7.84. The average molecular weight is 474 g/mol. The van der Waals surface area contributed by atoms with E-state index in [1.807, 2.05) is 56.3 Å². The van der Waals surface area contributed by atoms with E-state index in [0.717, 1.165) is 55.2 Å². The minimum Gasteiger partial charge on any atom is -0.491 e. The van der Waals surface area contributed by atoms with Crippen LogP contribution < -0.4 is 9.64 Å². The number of benzene rings is 2. The molecule has 32 heavy (non-hydrogen) atoms. The van der Waals surface area contributed by atoms with Crippen LogP contribution in [0, 0.1) is 0 Å². The predicted molar refractivity (Wildman–Crippen MR) is 130 cm³/mol. The number of carbonyl (C=O) groups is 1. The molecule has 2 heterocycles. The smallest absolute Gasteiger partial charge is 0.260 e. The molecular weight excluding hydrogens is 446 g/mol. The van der Waals surface area contributed by atoms with Gasteiger partial charge in [-0.15, -0.1) is 0 Å². The molecule has 1 aliphatic heterocycles. The number of halogens is 1. The fourth-order valence-electron chi connectivity index (χ4n) is 3.68. The molecule has 0 aliphatic carbocycles. The molecule has 0 atom stereocenters. The van der Waals surface area contributed by atoms with Crippen LogP contribution in [0.5, 0.6) is 5.75 Å². The first-order valence-corrected chi connectivity index (χ1v) is 12.1. The normalized spacial score (nSPS) is 14.8. The number of para-hydroxylation sites is 1. The number of carbonyl (C=O) groups excluding carboxylic acids is 1. The Kier molecular flexibility index (Phi) is 7.63. The summed E-state index contributed by atoms with van der Waals surface area (Å²) in [6.07, 6.45) is 0.935. The predicted octanol–water partition coefficient (Wildman–Crippen LogP) is 5.11. The van der Waals surface area contributed by atoms with Gasteiger partial charge in [0.15, 0.2) is 5.13 Å². The number of ether oxygens (including phenoxy) is 2. The monoisotopic (exact) mass is 473 g/mol. The first kappa shape index (κ1) is 23.0. The number of nitrogens with zero attached hydrogens (tertiary/aromatic N) is 3. The molecule has 0 N–H and O–H groups in total. The maximum Gasteiger partial charge on any atom is 0.260 e. The van der Waals surface area contributed by atoms with Crippen molar-refractivity contribution in [2.45, 2.75) is 26.4 Å². The van der Waals surface area contributed by atoms with Crippen LogP contribution in [0.2, 0.25) is 5.02 Å². The van der Waals surface area contributed by atoms with Gasteiger partial charge in [0.1, 0.15) is 11.3 Å². The van der Waals surface area contributed by atoms with Gasteiger partial charge in [0.05, 0.1) is 29.0 Å². The first-order valence-electron chi connectivity index (χ1n) is 10.9. The Balaban J connectivity index is 1.55. The van der Waals surface area contributed by atoms with Crippen LogP contribution in [-0.2, 0) is 4.74 Å². The van der Waals surface area contributed by atoms with Gasteiger partial charge in [0.2, 0.25) is 0 Å². The van der Waals surface area contributed by atoms with Crippen LogP contribution in [0.3, 0.4) is 0 Å². The van der Waals surface area contributed by atoms with Crippen molar-refractivity contribution >= 4 is 44.2 Å². The fraction of sp³-hybridized carbons (Fsp3) is 0.417. The fourth-order valence-corrected chi connectivity index (χ4v) is 4.97. The summed E-state index contributed by atoms with van der Waals surface area (Å²) < 4.78 is 12.1. The number of anilines is 1. The maximum absolute atomic E-state index is 13.5. The Morgan fingerprint density at radius 3 is 2.66 bits per heavy atom. The van der Waals surface area contributed by atoms with Gasteiger partial charge >= 0.3 is 0 Å². The van der Waals surface area contributed by atoms with Crippen LogP contribution in [0.4, 0.5) is 5.13 Å². The number of hydrogen-bond donors (Lipinski definition) is 0. The van der Waals surface area contributed by atoms with Crippen molar-refractivity contribution in [2.24, 2.45) is 0 Å². The quantitative estimate of drug-likeness (QED) is 0.455. The SMILES string of the molecule is CC(C)Oc1ccc(C(=O)N(CCCN2CCOCC2)c2nc3c(Cl)cccc3s2)cc1. The molecule has 6 nitrogen and oxygen atoms in total. The van der Waals surface area contributed by atoms with Crippen LogP contribution in [-0.4, -0.2) is 61.3 Å². The van der Waals surface area contributed by atoms with Gasteiger partial charge in [-0.1, -0.05) is 29.0 Å². The van der Waals surface area contributed by atoms with Crippen LogP contribution in [0.25, 0.3) is 10.2 Å². The molecule has 1 amide bonds. The molecule has 0 saturated carbocycles. The average Bonchev–Trinajstić information content (AvgIpc) is 3.22. The summed E-state index contributed by atoms with van der Waals surface area (Å²) in [5, 5.41) is 1.27. The van der Waals surface area contributed by atoms with E-state index >= 15 is 0 Å². The Morgan fingerprint density at radius 2 is 1.97 bits per heavy atom. The minimum absolute atomic E-state index is 0.0711. The lowest BCUT2D eigenvalue weighted by Gasteiger charge is -2.27. The highest BCUT2D eigenvalue weighted by Gasteiger charge is 2.22. The molecule has 2 aromatic carbocycles. The molecule has 0 unspecified atom stereocenters. The number of fused-ring (bicyclic) bond motifs is 1. The zero-order valence-corrected chi connectivity index (χ0v) is 20.0. The second kappa shape index (κ2) is 10.6. The van der Waals surface area contributed by atoms with Crippen molar-refractivity contribution in [1.82, 2.24) is 9.88 Å². The van der Waals surface area contributed by atoms with E-state index in [-0.39, 0.29) is 12.0 Å².